The zero-order chi connectivity index (χ0) is 13.3. The molecule has 0 saturated carbocycles. The Bertz CT molecular complexity index is 475. The van der Waals surface area contributed by atoms with Gasteiger partial charge < -0.3 is 9.47 Å². The van der Waals surface area contributed by atoms with Crippen LogP contribution in [0.2, 0.25) is 0 Å². The van der Waals surface area contributed by atoms with E-state index in [1.807, 2.05) is 35.7 Å². The molecule has 1 aromatic heterocycles. The molecule has 0 atom stereocenters. The molecule has 0 aliphatic carbocycles. The summed E-state index contributed by atoms with van der Waals surface area (Å²) in [6.07, 6.45) is 0.826. The van der Waals surface area contributed by atoms with Crippen molar-refractivity contribution < 1.29 is 9.47 Å². The molecular formula is C14H16ClNO2S. The Balaban J connectivity index is 1.55. The van der Waals surface area contributed by atoms with Gasteiger partial charge in [-0.25, -0.2) is 4.98 Å². The van der Waals surface area contributed by atoms with Gasteiger partial charge in [0.15, 0.2) is 0 Å². The Morgan fingerprint density at radius 1 is 1.11 bits per heavy atom. The van der Waals surface area contributed by atoms with Crippen LogP contribution >= 0.6 is 22.9 Å². The Hall–Kier alpha value is -1.10. The first-order valence-electron chi connectivity index (χ1n) is 6.13. The van der Waals surface area contributed by atoms with Crippen molar-refractivity contribution in [3.05, 3.63) is 46.4 Å². The minimum absolute atomic E-state index is 0.474. The highest BCUT2D eigenvalue weighted by atomic mass is 35.5. The summed E-state index contributed by atoms with van der Waals surface area (Å²) in [4.78, 5) is 4.37. The number of hydrogen-bond acceptors (Lipinski definition) is 4. The minimum Gasteiger partial charge on any atom is -0.491 e. The van der Waals surface area contributed by atoms with Gasteiger partial charge in [0.1, 0.15) is 12.4 Å². The van der Waals surface area contributed by atoms with Crippen LogP contribution in [-0.4, -0.2) is 24.8 Å². The molecule has 0 spiro atoms. The molecule has 5 heteroatoms. The van der Waals surface area contributed by atoms with Crippen molar-refractivity contribution in [2.24, 2.45) is 0 Å². The first-order valence-corrected chi connectivity index (χ1v) is 7.55. The van der Waals surface area contributed by atoms with Crippen molar-refractivity contribution in [3.8, 4) is 5.75 Å². The van der Waals surface area contributed by atoms with E-state index in [2.05, 4.69) is 4.98 Å². The minimum atomic E-state index is 0.474. The molecule has 0 aliphatic rings. The molecule has 0 amide bonds. The summed E-state index contributed by atoms with van der Waals surface area (Å²) >= 11 is 7.33. The number of ether oxygens (including phenoxy) is 2. The fourth-order valence-electron chi connectivity index (χ4n) is 1.52. The lowest BCUT2D eigenvalue weighted by Crippen LogP contribution is -2.08. The monoisotopic (exact) mass is 297 g/mol. The summed E-state index contributed by atoms with van der Waals surface area (Å²) in [5, 5.41) is 3.06. The van der Waals surface area contributed by atoms with Crippen molar-refractivity contribution in [3.63, 3.8) is 0 Å². The Morgan fingerprint density at radius 2 is 1.95 bits per heavy atom. The smallest absolute Gasteiger partial charge is 0.119 e. The molecule has 0 aliphatic heterocycles. The average Bonchev–Trinajstić information content (AvgIpc) is 2.92. The molecule has 0 unspecified atom stereocenters. The summed E-state index contributed by atoms with van der Waals surface area (Å²) in [5.41, 5.74) is 0.939. The lowest BCUT2D eigenvalue weighted by Gasteiger charge is -2.06. The van der Waals surface area contributed by atoms with Gasteiger partial charge in [-0.15, -0.1) is 22.9 Å². The number of alkyl halides is 1. The zero-order valence-corrected chi connectivity index (χ0v) is 12.1. The van der Waals surface area contributed by atoms with Gasteiger partial charge in [0, 0.05) is 11.8 Å². The topological polar surface area (TPSA) is 31.4 Å². The van der Waals surface area contributed by atoms with E-state index < -0.39 is 0 Å². The van der Waals surface area contributed by atoms with Crippen LogP contribution in [-0.2, 0) is 17.0 Å². The highest BCUT2D eigenvalue weighted by Crippen LogP contribution is 2.12. The number of nitrogens with zero attached hydrogens (tertiary/aromatic N) is 1. The molecule has 3 nitrogen and oxygen atoms in total. The van der Waals surface area contributed by atoms with Crippen LogP contribution in [0.25, 0.3) is 0 Å². The lowest BCUT2D eigenvalue weighted by molar-refractivity contribution is 0.102. The number of thiazole rings is 1. The van der Waals surface area contributed by atoms with Crippen LogP contribution in [0.15, 0.2) is 35.7 Å². The van der Waals surface area contributed by atoms with E-state index in [1.165, 1.54) is 0 Å². The SMILES string of the molecule is ClCc1csc(CCOCCOc2ccccc2)n1. The highest BCUT2D eigenvalue weighted by Gasteiger charge is 2.00. The van der Waals surface area contributed by atoms with E-state index in [0.717, 1.165) is 22.9 Å². The van der Waals surface area contributed by atoms with Crippen molar-refractivity contribution in [2.45, 2.75) is 12.3 Å². The summed E-state index contributed by atoms with van der Waals surface area (Å²) in [6.45, 7) is 1.81. The Morgan fingerprint density at radius 3 is 2.68 bits per heavy atom. The molecule has 0 saturated heterocycles. The first-order chi connectivity index (χ1) is 9.38. The average molecular weight is 298 g/mol. The molecule has 1 aromatic carbocycles. The van der Waals surface area contributed by atoms with Crippen LogP contribution in [0, 0.1) is 0 Å². The molecule has 1 heterocycles. The summed E-state index contributed by atoms with van der Waals surface area (Å²) in [6, 6.07) is 9.74. The molecule has 102 valence electrons. The number of benzene rings is 1. The molecule has 0 fully saturated rings. The molecule has 19 heavy (non-hydrogen) atoms. The quantitative estimate of drug-likeness (QED) is 0.552. The van der Waals surface area contributed by atoms with Gasteiger partial charge in [0.2, 0.25) is 0 Å². The third-order valence-corrected chi connectivity index (χ3v) is 3.67. The lowest BCUT2D eigenvalue weighted by atomic mass is 10.3. The molecule has 0 N–H and O–H groups in total. The molecule has 2 aromatic rings. The molecule has 0 bridgehead atoms. The van der Waals surface area contributed by atoms with Crippen molar-refractivity contribution in [2.75, 3.05) is 19.8 Å². The van der Waals surface area contributed by atoms with Gasteiger partial charge >= 0.3 is 0 Å². The zero-order valence-electron chi connectivity index (χ0n) is 10.5. The second-order valence-electron chi connectivity index (χ2n) is 3.89. The summed E-state index contributed by atoms with van der Waals surface area (Å²) in [7, 11) is 0. The van der Waals surface area contributed by atoms with Gasteiger partial charge in [0.05, 0.1) is 29.8 Å². The van der Waals surface area contributed by atoms with Crippen molar-refractivity contribution >= 4 is 22.9 Å². The van der Waals surface area contributed by atoms with Crippen LogP contribution in [0.4, 0.5) is 0 Å². The number of rotatable bonds is 8. The maximum atomic E-state index is 5.70. The number of hydrogen-bond donors (Lipinski definition) is 0. The highest BCUT2D eigenvalue weighted by molar-refractivity contribution is 7.09. The van der Waals surface area contributed by atoms with Gasteiger partial charge in [-0.05, 0) is 12.1 Å². The van der Waals surface area contributed by atoms with E-state index in [0.29, 0.717) is 25.7 Å². The largest absolute Gasteiger partial charge is 0.491 e. The predicted octanol–water partition coefficient (Wildman–Crippen LogP) is 3.52. The maximum Gasteiger partial charge on any atom is 0.119 e. The van der Waals surface area contributed by atoms with Crippen LogP contribution < -0.4 is 4.74 Å². The molecule has 0 radical (unpaired) electrons. The van der Waals surface area contributed by atoms with Crippen molar-refractivity contribution in [1.29, 1.82) is 0 Å². The molecule has 2 rings (SSSR count). The van der Waals surface area contributed by atoms with E-state index in [4.69, 9.17) is 21.1 Å². The fourth-order valence-corrected chi connectivity index (χ4v) is 2.53. The van der Waals surface area contributed by atoms with E-state index >= 15 is 0 Å². The van der Waals surface area contributed by atoms with Gasteiger partial charge in [-0.1, -0.05) is 18.2 Å². The molecular weight excluding hydrogens is 282 g/mol. The van der Waals surface area contributed by atoms with Gasteiger partial charge in [0.25, 0.3) is 0 Å². The summed E-state index contributed by atoms with van der Waals surface area (Å²) in [5.74, 6) is 1.35. The normalized spacial score (nSPS) is 10.6. The Labute approximate surface area is 122 Å². The number of halogens is 1. The van der Waals surface area contributed by atoms with Gasteiger partial charge in [-0.2, -0.15) is 0 Å². The van der Waals surface area contributed by atoms with E-state index in [-0.39, 0.29) is 0 Å². The van der Waals surface area contributed by atoms with Crippen LogP contribution in [0.3, 0.4) is 0 Å². The third kappa shape index (κ3) is 5.19. The van der Waals surface area contributed by atoms with E-state index in [9.17, 15) is 0 Å². The third-order valence-electron chi connectivity index (χ3n) is 2.44. The van der Waals surface area contributed by atoms with Crippen LogP contribution in [0.5, 0.6) is 5.75 Å². The maximum absolute atomic E-state index is 5.70. The van der Waals surface area contributed by atoms with Gasteiger partial charge in [-0.3, -0.25) is 0 Å². The standard InChI is InChI=1S/C14H16ClNO2S/c15-10-12-11-19-14(16-12)6-7-17-8-9-18-13-4-2-1-3-5-13/h1-5,11H,6-10H2. The second-order valence-corrected chi connectivity index (χ2v) is 5.10. The van der Waals surface area contributed by atoms with Crippen molar-refractivity contribution in [1.82, 2.24) is 4.98 Å². The predicted molar refractivity (Wildman–Crippen MR) is 78.1 cm³/mol. The Kier molecular flexibility index (Phi) is 6.14. The number of aromatic nitrogens is 1. The fraction of sp³-hybridized carbons (Fsp3) is 0.357. The number of para-hydroxylation sites is 1. The van der Waals surface area contributed by atoms with E-state index in [1.54, 1.807) is 11.3 Å². The summed E-state index contributed by atoms with van der Waals surface area (Å²) < 4.78 is 11.0. The van der Waals surface area contributed by atoms with Crippen LogP contribution in [0.1, 0.15) is 10.7 Å². The first kappa shape index (κ1) is 14.3. The second kappa shape index (κ2) is 8.15.